The maximum atomic E-state index is 12.1. The molecule has 1 aromatic carbocycles. The van der Waals surface area contributed by atoms with Gasteiger partial charge in [-0.2, -0.15) is 0 Å². The molecule has 3 aromatic rings. The zero-order valence-electron chi connectivity index (χ0n) is 12.3. The molecule has 2 heterocycles. The quantitative estimate of drug-likeness (QED) is 0.646. The molecule has 3 rings (SSSR count). The lowest BCUT2D eigenvalue weighted by Crippen LogP contribution is -2.26. The number of pyridine rings is 1. The fraction of sp³-hybridized carbons (Fsp3) is 0.176. The monoisotopic (exact) mass is 311 g/mol. The fourth-order valence-electron chi connectivity index (χ4n) is 2.51. The van der Waals surface area contributed by atoms with E-state index in [0.717, 1.165) is 11.9 Å². The minimum atomic E-state index is -0.141. The molecule has 2 aromatic heterocycles. The molecule has 0 saturated heterocycles. The Bertz CT molecular complexity index is 879. The number of hydrogen-bond acceptors (Lipinski definition) is 2. The standard InChI is InChI=1S/C17H17N3OS/c1-11-4-5-13-12(10-20-15(13)9-11)6-8-18-16(21)14-3-2-7-19-17(14)22/h2-5,7,9-10,20H,6,8H2,1H3,(H,18,21)(H,19,22). The van der Waals surface area contributed by atoms with Crippen molar-refractivity contribution in [2.24, 2.45) is 0 Å². The Balaban J connectivity index is 1.66. The molecule has 3 N–H and O–H groups in total. The summed E-state index contributed by atoms with van der Waals surface area (Å²) in [5, 5.41) is 4.12. The van der Waals surface area contributed by atoms with Crippen LogP contribution >= 0.6 is 12.2 Å². The van der Waals surface area contributed by atoms with Crippen molar-refractivity contribution in [2.45, 2.75) is 13.3 Å². The molecule has 0 aliphatic rings. The zero-order chi connectivity index (χ0) is 15.5. The van der Waals surface area contributed by atoms with Crippen molar-refractivity contribution in [2.75, 3.05) is 6.54 Å². The summed E-state index contributed by atoms with van der Waals surface area (Å²) in [6.07, 6.45) is 4.50. The lowest BCUT2D eigenvalue weighted by molar-refractivity contribution is 0.0953. The first-order valence-electron chi connectivity index (χ1n) is 7.17. The third kappa shape index (κ3) is 2.94. The van der Waals surface area contributed by atoms with Crippen molar-refractivity contribution in [3.63, 3.8) is 0 Å². The molecule has 0 bridgehead atoms. The number of H-pyrrole nitrogens is 2. The van der Waals surface area contributed by atoms with Crippen LogP contribution in [0.15, 0.2) is 42.7 Å². The smallest absolute Gasteiger partial charge is 0.254 e. The molecular weight excluding hydrogens is 294 g/mol. The number of hydrogen-bond donors (Lipinski definition) is 3. The summed E-state index contributed by atoms with van der Waals surface area (Å²) >= 11 is 5.11. The Labute approximate surface area is 133 Å². The molecule has 0 atom stereocenters. The molecule has 1 amide bonds. The van der Waals surface area contributed by atoms with Crippen LogP contribution in [0, 0.1) is 11.6 Å². The maximum Gasteiger partial charge on any atom is 0.254 e. The van der Waals surface area contributed by atoms with Gasteiger partial charge in [0.2, 0.25) is 0 Å². The predicted octanol–water partition coefficient (Wildman–Crippen LogP) is 3.51. The lowest BCUT2D eigenvalue weighted by atomic mass is 10.1. The van der Waals surface area contributed by atoms with Crippen molar-refractivity contribution >= 4 is 29.0 Å². The second-order valence-corrected chi connectivity index (χ2v) is 5.69. The van der Waals surface area contributed by atoms with Gasteiger partial charge in [-0.1, -0.05) is 24.4 Å². The highest BCUT2D eigenvalue weighted by atomic mass is 32.1. The number of aromatic amines is 2. The molecule has 0 fully saturated rings. The maximum absolute atomic E-state index is 12.1. The summed E-state index contributed by atoms with van der Waals surface area (Å²) in [4.78, 5) is 18.2. The predicted molar refractivity (Wildman–Crippen MR) is 90.7 cm³/mol. The molecule has 5 heteroatoms. The van der Waals surface area contributed by atoms with Crippen LogP contribution in [0.2, 0.25) is 0 Å². The van der Waals surface area contributed by atoms with Gasteiger partial charge in [0, 0.05) is 29.8 Å². The highest BCUT2D eigenvalue weighted by Gasteiger charge is 2.08. The van der Waals surface area contributed by atoms with E-state index in [1.165, 1.54) is 16.5 Å². The van der Waals surface area contributed by atoms with E-state index in [-0.39, 0.29) is 5.91 Å². The SMILES string of the molecule is Cc1ccc2c(CCNC(=O)c3ccc[nH]c3=S)c[nH]c2c1. The van der Waals surface area contributed by atoms with Crippen LogP contribution in [0.1, 0.15) is 21.5 Å². The first-order valence-corrected chi connectivity index (χ1v) is 7.58. The molecule has 22 heavy (non-hydrogen) atoms. The molecule has 4 nitrogen and oxygen atoms in total. The number of amides is 1. The van der Waals surface area contributed by atoms with Crippen LogP contribution in [0.5, 0.6) is 0 Å². The lowest BCUT2D eigenvalue weighted by Gasteiger charge is -2.05. The Morgan fingerprint density at radius 2 is 2.14 bits per heavy atom. The molecule has 0 unspecified atom stereocenters. The van der Waals surface area contributed by atoms with Crippen LogP contribution in [-0.4, -0.2) is 22.4 Å². The van der Waals surface area contributed by atoms with Crippen LogP contribution in [-0.2, 0) is 6.42 Å². The Morgan fingerprint density at radius 3 is 2.95 bits per heavy atom. The summed E-state index contributed by atoms with van der Waals surface area (Å²) in [5.41, 5.74) is 4.07. The molecular formula is C17H17N3OS. The van der Waals surface area contributed by atoms with Crippen molar-refractivity contribution in [3.05, 3.63) is 64.1 Å². The summed E-state index contributed by atoms with van der Waals surface area (Å²) in [6.45, 7) is 2.65. The number of aryl methyl sites for hydroxylation is 1. The van der Waals surface area contributed by atoms with Gasteiger partial charge in [-0.15, -0.1) is 0 Å². The second-order valence-electron chi connectivity index (χ2n) is 5.28. The molecule has 0 aliphatic carbocycles. The van der Waals surface area contributed by atoms with E-state index in [2.05, 4.69) is 40.4 Å². The molecule has 112 valence electrons. The van der Waals surface area contributed by atoms with Gasteiger partial charge in [-0.3, -0.25) is 4.79 Å². The van der Waals surface area contributed by atoms with E-state index >= 15 is 0 Å². The van der Waals surface area contributed by atoms with Gasteiger partial charge in [-0.25, -0.2) is 0 Å². The Morgan fingerprint density at radius 1 is 1.27 bits per heavy atom. The largest absolute Gasteiger partial charge is 0.361 e. The van der Waals surface area contributed by atoms with E-state index in [0.29, 0.717) is 16.7 Å². The topological polar surface area (TPSA) is 60.7 Å². The van der Waals surface area contributed by atoms with Crippen molar-refractivity contribution < 1.29 is 4.79 Å². The zero-order valence-corrected chi connectivity index (χ0v) is 13.1. The van der Waals surface area contributed by atoms with Gasteiger partial charge < -0.3 is 15.3 Å². The normalized spacial score (nSPS) is 10.8. The second kappa shape index (κ2) is 6.15. The van der Waals surface area contributed by atoms with Crippen LogP contribution in [0.25, 0.3) is 10.9 Å². The molecule has 0 spiro atoms. The minimum Gasteiger partial charge on any atom is -0.361 e. The van der Waals surface area contributed by atoms with E-state index in [1.807, 2.05) is 6.20 Å². The summed E-state index contributed by atoms with van der Waals surface area (Å²) in [7, 11) is 0. The molecule has 0 aliphatic heterocycles. The van der Waals surface area contributed by atoms with Gasteiger partial charge in [0.15, 0.2) is 0 Å². The number of carbonyl (C=O) groups excluding carboxylic acids is 1. The number of rotatable bonds is 4. The summed E-state index contributed by atoms with van der Waals surface area (Å²) in [6, 6.07) is 9.84. The number of nitrogens with one attached hydrogen (secondary N) is 3. The first-order chi connectivity index (χ1) is 10.6. The third-order valence-corrected chi connectivity index (χ3v) is 4.00. The first kappa shape index (κ1) is 14.5. The number of aromatic nitrogens is 2. The Kier molecular flexibility index (Phi) is 4.06. The summed E-state index contributed by atoms with van der Waals surface area (Å²) < 4.78 is 0.461. The highest BCUT2D eigenvalue weighted by Crippen LogP contribution is 2.19. The average molecular weight is 311 g/mol. The van der Waals surface area contributed by atoms with Gasteiger partial charge in [0.05, 0.1) is 5.56 Å². The van der Waals surface area contributed by atoms with Crippen molar-refractivity contribution in [1.82, 2.24) is 15.3 Å². The van der Waals surface area contributed by atoms with E-state index in [9.17, 15) is 4.79 Å². The summed E-state index contributed by atoms with van der Waals surface area (Å²) in [5.74, 6) is -0.141. The van der Waals surface area contributed by atoms with Crippen LogP contribution in [0.3, 0.4) is 0 Å². The number of fused-ring (bicyclic) bond motifs is 1. The van der Waals surface area contributed by atoms with Crippen LogP contribution in [0.4, 0.5) is 0 Å². The van der Waals surface area contributed by atoms with Gasteiger partial charge in [-0.05, 0) is 42.7 Å². The van der Waals surface area contributed by atoms with Gasteiger partial charge in [0.25, 0.3) is 5.91 Å². The molecule has 0 saturated carbocycles. The number of carbonyl (C=O) groups is 1. The van der Waals surface area contributed by atoms with Gasteiger partial charge in [0.1, 0.15) is 4.64 Å². The van der Waals surface area contributed by atoms with E-state index < -0.39 is 0 Å². The van der Waals surface area contributed by atoms with E-state index in [4.69, 9.17) is 12.2 Å². The minimum absolute atomic E-state index is 0.141. The highest BCUT2D eigenvalue weighted by molar-refractivity contribution is 7.71. The Hall–Kier alpha value is -2.40. The van der Waals surface area contributed by atoms with Crippen LogP contribution < -0.4 is 5.32 Å². The molecule has 0 radical (unpaired) electrons. The van der Waals surface area contributed by atoms with Crippen molar-refractivity contribution in [1.29, 1.82) is 0 Å². The van der Waals surface area contributed by atoms with Crippen molar-refractivity contribution in [3.8, 4) is 0 Å². The van der Waals surface area contributed by atoms with E-state index in [1.54, 1.807) is 18.3 Å². The average Bonchev–Trinajstić information content (AvgIpc) is 2.90. The van der Waals surface area contributed by atoms with Gasteiger partial charge >= 0.3 is 0 Å². The third-order valence-electron chi connectivity index (χ3n) is 3.67. The fourth-order valence-corrected chi connectivity index (χ4v) is 2.74. The number of benzene rings is 1.